The molecule has 3 nitrogen and oxygen atoms in total. The summed E-state index contributed by atoms with van der Waals surface area (Å²) in [5.41, 5.74) is 2.91. The third-order valence-electron chi connectivity index (χ3n) is 2.31. The van der Waals surface area contributed by atoms with E-state index >= 15 is 0 Å². The number of hydrogen-bond acceptors (Lipinski definition) is 3. The van der Waals surface area contributed by atoms with E-state index in [9.17, 15) is 9.59 Å². The first-order valence-corrected chi connectivity index (χ1v) is 4.63. The van der Waals surface area contributed by atoms with Gasteiger partial charge in [-0.2, -0.15) is 0 Å². The average molecular weight is 202 g/mol. The number of cyclic esters (lactones) is 1. The Kier molecular flexibility index (Phi) is 2.15. The van der Waals surface area contributed by atoms with Crippen LogP contribution in [0.3, 0.4) is 0 Å². The second-order valence-corrected chi connectivity index (χ2v) is 3.58. The van der Waals surface area contributed by atoms with Gasteiger partial charge in [0.05, 0.1) is 0 Å². The summed E-state index contributed by atoms with van der Waals surface area (Å²) in [7, 11) is 0. The molecule has 15 heavy (non-hydrogen) atoms. The first-order chi connectivity index (χ1) is 7.08. The molecule has 0 radical (unpaired) electrons. The normalized spacial score (nSPS) is 15.2. The van der Waals surface area contributed by atoms with Gasteiger partial charge in [-0.05, 0) is 19.4 Å². The van der Waals surface area contributed by atoms with Gasteiger partial charge in [0.15, 0.2) is 0 Å². The minimum Gasteiger partial charge on any atom is -0.420 e. The lowest BCUT2D eigenvalue weighted by Gasteiger charge is -2.06. The molecule has 0 amide bonds. The van der Waals surface area contributed by atoms with Crippen LogP contribution in [-0.2, 0) is 14.3 Å². The van der Waals surface area contributed by atoms with Crippen LogP contribution in [0, 0.1) is 13.8 Å². The molecule has 0 unspecified atom stereocenters. The first-order valence-electron chi connectivity index (χ1n) is 4.63. The van der Waals surface area contributed by atoms with Crippen LogP contribution in [0.25, 0.3) is 5.76 Å². The molecule has 1 aromatic rings. The second-order valence-electron chi connectivity index (χ2n) is 3.58. The number of aryl methyl sites for hydroxylation is 2. The number of carbonyl (C=O) groups is 2. The molecule has 1 heterocycles. The molecule has 1 aliphatic rings. The van der Waals surface area contributed by atoms with Crippen molar-refractivity contribution in [1.82, 2.24) is 0 Å². The number of carbonyl (C=O) groups excluding carboxylic acids is 2. The van der Waals surface area contributed by atoms with E-state index in [2.05, 4.69) is 0 Å². The lowest BCUT2D eigenvalue weighted by Crippen LogP contribution is -2.05. The van der Waals surface area contributed by atoms with Gasteiger partial charge in [-0.15, -0.1) is 0 Å². The molecule has 2 rings (SSSR count). The van der Waals surface area contributed by atoms with E-state index in [1.165, 1.54) is 6.08 Å². The van der Waals surface area contributed by atoms with Crippen LogP contribution in [-0.4, -0.2) is 11.8 Å². The van der Waals surface area contributed by atoms with E-state index in [1.807, 2.05) is 32.0 Å². The van der Waals surface area contributed by atoms with E-state index in [-0.39, 0.29) is 0 Å². The predicted molar refractivity (Wildman–Crippen MR) is 55.0 cm³/mol. The fourth-order valence-corrected chi connectivity index (χ4v) is 1.58. The van der Waals surface area contributed by atoms with Gasteiger partial charge in [-0.25, -0.2) is 4.79 Å². The van der Waals surface area contributed by atoms with Crippen molar-refractivity contribution in [2.75, 3.05) is 0 Å². The van der Waals surface area contributed by atoms with Gasteiger partial charge in [0.25, 0.3) is 5.78 Å². The zero-order valence-electron chi connectivity index (χ0n) is 8.53. The van der Waals surface area contributed by atoms with Crippen LogP contribution in [0.5, 0.6) is 0 Å². The molecule has 0 spiro atoms. The highest BCUT2D eigenvalue weighted by atomic mass is 16.5. The summed E-state index contributed by atoms with van der Waals surface area (Å²) < 4.78 is 4.85. The summed E-state index contributed by atoms with van der Waals surface area (Å²) in [6.07, 6.45) is 1.24. The van der Waals surface area contributed by atoms with E-state index in [4.69, 9.17) is 4.74 Å². The van der Waals surface area contributed by atoms with E-state index in [0.717, 1.165) is 16.7 Å². The number of benzene rings is 1. The standard InChI is InChI=1S/C12H10O3/c1-7-3-4-9(8(2)5-7)11-6-10(13)12(14)15-11/h3-6H,1-2H3. The Bertz CT molecular complexity index is 484. The SMILES string of the molecule is Cc1ccc(C2=CC(=O)C(=O)O2)c(C)c1. The first kappa shape index (κ1) is 9.65. The Morgan fingerprint density at radius 2 is 1.87 bits per heavy atom. The van der Waals surface area contributed by atoms with Gasteiger partial charge in [-0.3, -0.25) is 4.79 Å². The highest BCUT2D eigenvalue weighted by Gasteiger charge is 2.25. The summed E-state index contributed by atoms with van der Waals surface area (Å²) >= 11 is 0. The third-order valence-corrected chi connectivity index (χ3v) is 2.31. The quantitative estimate of drug-likeness (QED) is 0.515. The molecule has 0 saturated heterocycles. The van der Waals surface area contributed by atoms with Crippen molar-refractivity contribution in [2.45, 2.75) is 13.8 Å². The Morgan fingerprint density at radius 3 is 2.40 bits per heavy atom. The van der Waals surface area contributed by atoms with Crippen LogP contribution in [0.4, 0.5) is 0 Å². The van der Waals surface area contributed by atoms with Crippen molar-refractivity contribution in [3.05, 3.63) is 41.0 Å². The number of ketones is 1. The van der Waals surface area contributed by atoms with Gasteiger partial charge < -0.3 is 4.74 Å². The predicted octanol–water partition coefficient (Wildman–Crippen LogP) is 1.77. The van der Waals surface area contributed by atoms with Crippen molar-refractivity contribution in [1.29, 1.82) is 0 Å². The zero-order valence-corrected chi connectivity index (χ0v) is 8.53. The maximum Gasteiger partial charge on any atom is 0.384 e. The molecular formula is C12H10O3. The van der Waals surface area contributed by atoms with Gasteiger partial charge in [0.1, 0.15) is 5.76 Å². The average Bonchev–Trinajstić information content (AvgIpc) is 2.46. The monoisotopic (exact) mass is 202 g/mol. The number of rotatable bonds is 1. The molecule has 0 bridgehead atoms. The Hall–Kier alpha value is -1.90. The summed E-state index contributed by atoms with van der Waals surface area (Å²) in [6, 6.07) is 5.75. The van der Waals surface area contributed by atoms with E-state index in [0.29, 0.717) is 5.76 Å². The Balaban J connectivity index is 2.44. The lowest BCUT2D eigenvalue weighted by atomic mass is 10.0. The van der Waals surface area contributed by atoms with Crippen LogP contribution in [0.1, 0.15) is 16.7 Å². The molecule has 0 N–H and O–H groups in total. The van der Waals surface area contributed by atoms with Crippen molar-refractivity contribution in [2.24, 2.45) is 0 Å². The molecule has 1 aromatic carbocycles. The van der Waals surface area contributed by atoms with E-state index in [1.54, 1.807) is 0 Å². The molecule has 0 atom stereocenters. The number of esters is 1. The maximum absolute atomic E-state index is 11.0. The molecule has 0 aromatic heterocycles. The third kappa shape index (κ3) is 1.68. The van der Waals surface area contributed by atoms with Crippen LogP contribution in [0.15, 0.2) is 24.3 Å². The zero-order chi connectivity index (χ0) is 11.0. The molecule has 3 heteroatoms. The van der Waals surface area contributed by atoms with Crippen molar-refractivity contribution in [3.63, 3.8) is 0 Å². The molecule has 0 aliphatic carbocycles. The summed E-state index contributed by atoms with van der Waals surface area (Å²) in [5, 5.41) is 0. The molecular weight excluding hydrogens is 192 g/mol. The summed E-state index contributed by atoms with van der Waals surface area (Å²) in [5.74, 6) is -1.04. The van der Waals surface area contributed by atoms with Gasteiger partial charge >= 0.3 is 5.97 Å². The van der Waals surface area contributed by atoms with Gasteiger partial charge in [0, 0.05) is 11.6 Å². The van der Waals surface area contributed by atoms with Gasteiger partial charge in [-0.1, -0.05) is 23.8 Å². The fraction of sp³-hybridized carbons (Fsp3) is 0.167. The lowest BCUT2D eigenvalue weighted by molar-refractivity contribution is -0.144. The van der Waals surface area contributed by atoms with Crippen LogP contribution >= 0.6 is 0 Å². The largest absolute Gasteiger partial charge is 0.420 e. The summed E-state index contributed by atoms with van der Waals surface area (Å²) in [6.45, 7) is 3.90. The Labute approximate surface area is 87.4 Å². The molecule has 0 saturated carbocycles. The molecule has 1 aliphatic heterocycles. The minimum atomic E-state index is -0.801. The second kappa shape index (κ2) is 3.35. The molecule has 0 fully saturated rings. The number of hydrogen-bond donors (Lipinski definition) is 0. The van der Waals surface area contributed by atoms with Crippen molar-refractivity contribution < 1.29 is 14.3 Å². The molecule has 76 valence electrons. The fourth-order valence-electron chi connectivity index (χ4n) is 1.58. The van der Waals surface area contributed by atoms with Crippen LogP contribution in [0.2, 0.25) is 0 Å². The minimum absolute atomic E-state index is 0.350. The highest BCUT2D eigenvalue weighted by molar-refractivity contribution is 6.43. The highest BCUT2D eigenvalue weighted by Crippen LogP contribution is 2.24. The number of ether oxygens (including phenoxy) is 1. The van der Waals surface area contributed by atoms with Crippen molar-refractivity contribution >= 4 is 17.5 Å². The van der Waals surface area contributed by atoms with Gasteiger partial charge in [0.2, 0.25) is 0 Å². The smallest absolute Gasteiger partial charge is 0.384 e. The van der Waals surface area contributed by atoms with Crippen LogP contribution < -0.4 is 0 Å². The topological polar surface area (TPSA) is 43.4 Å². The maximum atomic E-state index is 11.0. The summed E-state index contributed by atoms with van der Waals surface area (Å²) in [4.78, 5) is 21.9. The Morgan fingerprint density at radius 1 is 1.13 bits per heavy atom. The van der Waals surface area contributed by atoms with Crippen molar-refractivity contribution in [3.8, 4) is 0 Å². The van der Waals surface area contributed by atoms with E-state index < -0.39 is 11.8 Å².